The smallest absolute Gasteiger partial charge is 0.196 e. The zero-order valence-electron chi connectivity index (χ0n) is 9.53. The summed E-state index contributed by atoms with van der Waals surface area (Å²) in [7, 11) is 1.63. The summed E-state index contributed by atoms with van der Waals surface area (Å²) in [6.45, 7) is 3.87. The molecule has 0 bridgehead atoms. The van der Waals surface area contributed by atoms with E-state index in [1.807, 2.05) is 0 Å². The maximum atomic E-state index is 9.52. The molecule has 0 aliphatic carbocycles. The molecular formula is C10H20N2O3. The van der Waals surface area contributed by atoms with E-state index in [1.165, 1.54) is 0 Å². The van der Waals surface area contributed by atoms with E-state index < -0.39 is 6.29 Å². The highest BCUT2D eigenvalue weighted by Crippen LogP contribution is 2.11. The van der Waals surface area contributed by atoms with Crippen LogP contribution in [-0.2, 0) is 4.74 Å². The van der Waals surface area contributed by atoms with E-state index >= 15 is 0 Å². The van der Waals surface area contributed by atoms with Gasteiger partial charge in [-0.3, -0.25) is 4.99 Å². The summed E-state index contributed by atoms with van der Waals surface area (Å²) in [5, 5.41) is 18.4. The summed E-state index contributed by atoms with van der Waals surface area (Å²) in [6, 6.07) is 0. The van der Waals surface area contributed by atoms with E-state index in [1.54, 1.807) is 20.9 Å². The summed E-state index contributed by atoms with van der Waals surface area (Å²) in [5.74, 6) is 0. The molecule has 5 nitrogen and oxygen atoms in total. The van der Waals surface area contributed by atoms with Crippen LogP contribution in [0.2, 0.25) is 0 Å². The van der Waals surface area contributed by atoms with Gasteiger partial charge in [0.1, 0.15) is 0 Å². The van der Waals surface area contributed by atoms with Gasteiger partial charge in [0.2, 0.25) is 0 Å². The Hall–Kier alpha value is -0.910. The summed E-state index contributed by atoms with van der Waals surface area (Å²) in [5.41, 5.74) is 7.27. The normalized spacial score (nSPS) is 16.2. The van der Waals surface area contributed by atoms with E-state index in [9.17, 15) is 5.11 Å². The summed E-state index contributed by atoms with van der Waals surface area (Å²) in [6.07, 6.45) is -0.771. The lowest BCUT2D eigenvalue weighted by molar-refractivity contribution is -0.0684. The number of hydrogen-bond acceptors (Lipinski definition) is 5. The van der Waals surface area contributed by atoms with E-state index in [-0.39, 0.29) is 12.3 Å². The lowest BCUT2D eigenvalue weighted by atomic mass is 10.1. The minimum atomic E-state index is -1.13. The first kappa shape index (κ1) is 14.1. The van der Waals surface area contributed by atoms with Gasteiger partial charge in [-0.25, -0.2) is 0 Å². The van der Waals surface area contributed by atoms with Crippen LogP contribution in [0.4, 0.5) is 0 Å². The van der Waals surface area contributed by atoms with Crippen LogP contribution in [0.25, 0.3) is 0 Å². The molecule has 0 radical (unpaired) electrons. The van der Waals surface area contributed by atoms with Gasteiger partial charge in [0.15, 0.2) is 6.29 Å². The molecule has 0 fully saturated rings. The van der Waals surface area contributed by atoms with Crippen molar-refractivity contribution in [1.29, 1.82) is 0 Å². The second-order valence-corrected chi connectivity index (χ2v) is 3.02. The van der Waals surface area contributed by atoms with Crippen molar-refractivity contribution in [2.24, 2.45) is 10.7 Å². The van der Waals surface area contributed by atoms with E-state index in [2.05, 4.69) is 4.99 Å². The minimum Gasteiger partial charge on any atom is -0.398 e. The molecule has 0 aromatic heterocycles. The maximum Gasteiger partial charge on any atom is 0.196 e. The number of nitrogens with two attached hydrogens (primary N) is 1. The molecule has 0 aliphatic heterocycles. The monoisotopic (exact) mass is 216 g/mol. The van der Waals surface area contributed by atoms with Gasteiger partial charge in [0.25, 0.3) is 0 Å². The Kier molecular flexibility index (Phi) is 6.94. The third-order valence-corrected chi connectivity index (χ3v) is 2.07. The van der Waals surface area contributed by atoms with Crippen molar-refractivity contribution < 1.29 is 14.9 Å². The quantitative estimate of drug-likeness (QED) is 0.431. The molecule has 1 unspecified atom stereocenters. The lowest BCUT2D eigenvalue weighted by Gasteiger charge is -2.16. The largest absolute Gasteiger partial charge is 0.398 e. The number of aliphatic imine (C=N–C) groups is 1. The number of ether oxygens (including phenoxy) is 1. The van der Waals surface area contributed by atoms with Crippen LogP contribution < -0.4 is 5.73 Å². The van der Waals surface area contributed by atoms with Gasteiger partial charge in [0.05, 0.1) is 5.70 Å². The average Bonchev–Trinajstić information content (AvgIpc) is 2.24. The van der Waals surface area contributed by atoms with Gasteiger partial charge >= 0.3 is 0 Å². The van der Waals surface area contributed by atoms with Gasteiger partial charge in [-0.1, -0.05) is 0 Å². The van der Waals surface area contributed by atoms with E-state index in [4.69, 9.17) is 15.6 Å². The molecule has 88 valence electrons. The molecule has 0 spiro atoms. The van der Waals surface area contributed by atoms with Crippen LogP contribution in [0.5, 0.6) is 0 Å². The molecule has 0 aromatic rings. The fourth-order valence-electron chi connectivity index (χ4n) is 1.18. The number of nitrogens with zero attached hydrogens (tertiary/aromatic N) is 1. The second kappa shape index (κ2) is 7.39. The number of aliphatic hydroxyl groups is 2. The van der Waals surface area contributed by atoms with Crippen molar-refractivity contribution >= 4 is 5.71 Å². The highest BCUT2D eigenvalue weighted by molar-refractivity contribution is 5.98. The molecule has 15 heavy (non-hydrogen) atoms. The fourth-order valence-corrected chi connectivity index (χ4v) is 1.18. The SMILES string of the molecule is CCOC(O)C(N)=C(CCO)C(C)=NC. The molecule has 4 N–H and O–H groups in total. The Morgan fingerprint density at radius 3 is 2.53 bits per heavy atom. The number of aliphatic hydroxyl groups excluding tert-OH is 2. The third kappa shape index (κ3) is 4.42. The van der Waals surface area contributed by atoms with Crippen LogP contribution >= 0.6 is 0 Å². The Bertz CT molecular complexity index is 249. The van der Waals surface area contributed by atoms with Gasteiger partial charge < -0.3 is 20.7 Å². The Balaban J connectivity index is 4.90. The van der Waals surface area contributed by atoms with Gasteiger partial charge in [-0.2, -0.15) is 0 Å². The standard InChI is InChI=1S/C10H20N2O3/c1-4-15-10(14)9(11)8(5-6-13)7(2)12-3/h10,13-14H,4-6,11H2,1-3H3. The molecule has 0 saturated carbocycles. The molecule has 5 heteroatoms. The van der Waals surface area contributed by atoms with Crippen LogP contribution in [0, 0.1) is 0 Å². The average molecular weight is 216 g/mol. The van der Waals surface area contributed by atoms with Crippen molar-refractivity contribution in [3.05, 3.63) is 11.3 Å². The zero-order chi connectivity index (χ0) is 11.8. The molecule has 0 aromatic carbocycles. The molecule has 0 amide bonds. The first-order valence-electron chi connectivity index (χ1n) is 4.91. The summed E-state index contributed by atoms with van der Waals surface area (Å²) < 4.78 is 4.96. The Morgan fingerprint density at radius 2 is 2.13 bits per heavy atom. The van der Waals surface area contributed by atoms with Gasteiger partial charge in [-0.05, 0) is 25.8 Å². The zero-order valence-corrected chi connectivity index (χ0v) is 9.53. The highest BCUT2D eigenvalue weighted by atomic mass is 16.6. The predicted molar refractivity (Wildman–Crippen MR) is 59.6 cm³/mol. The summed E-state index contributed by atoms with van der Waals surface area (Å²) >= 11 is 0. The van der Waals surface area contributed by atoms with Gasteiger partial charge in [0, 0.05) is 26.0 Å². The topological polar surface area (TPSA) is 88.1 Å². The second-order valence-electron chi connectivity index (χ2n) is 3.02. The molecular weight excluding hydrogens is 196 g/mol. The molecule has 0 rings (SSSR count). The molecule has 0 heterocycles. The van der Waals surface area contributed by atoms with Crippen molar-refractivity contribution in [3.8, 4) is 0 Å². The minimum absolute atomic E-state index is 0.0399. The first-order valence-corrected chi connectivity index (χ1v) is 4.91. The lowest BCUT2D eigenvalue weighted by Crippen LogP contribution is -2.25. The van der Waals surface area contributed by atoms with Crippen molar-refractivity contribution in [2.75, 3.05) is 20.3 Å². The number of hydrogen-bond donors (Lipinski definition) is 3. The van der Waals surface area contributed by atoms with Crippen LogP contribution in [0.15, 0.2) is 16.3 Å². The van der Waals surface area contributed by atoms with Crippen molar-refractivity contribution in [2.45, 2.75) is 26.6 Å². The molecule has 0 aliphatic rings. The Labute approximate surface area is 90.3 Å². The third-order valence-electron chi connectivity index (χ3n) is 2.07. The van der Waals surface area contributed by atoms with E-state index in [0.29, 0.717) is 24.3 Å². The van der Waals surface area contributed by atoms with Crippen molar-refractivity contribution in [1.82, 2.24) is 0 Å². The van der Waals surface area contributed by atoms with Crippen LogP contribution in [0.3, 0.4) is 0 Å². The first-order chi connectivity index (χ1) is 7.08. The number of rotatable bonds is 6. The highest BCUT2D eigenvalue weighted by Gasteiger charge is 2.14. The Morgan fingerprint density at radius 1 is 1.53 bits per heavy atom. The molecule has 0 saturated heterocycles. The van der Waals surface area contributed by atoms with Crippen LogP contribution in [-0.4, -0.2) is 42.5 Å². The van der Waals surface area contributed by atoms with Crippen LogP contribution in [0.1, 0.15) is 20.3 Å². The maximum absolute atomic E-state index is 9.52. The van der Waals surface area contributed by atoms with Crippen molar-refractivity contribution in [3.63, 3.8) is 0 Å². The fraction of sp³-hybridized carbons (Fsp3) is 0.700. The summed E-state index contributed by atoms with van der Waals surface area (Å²) in [4.78, 5) is 3.97. The van der Waals surface area contributed by atoms with Gasteiger partial charge in [-0.15, -0.1) is 0 Å². The van der Waals surface area contributed by atoms with E-state index in [0.717, 1.165) is 0 Å². The molecule has 1 atom stereocenters. The predicted octanol–water partition coefficient (Wildman–Crippen LogP) is 0.0272.